The van der Waals surface area contributed by atoms with Gasteiger partial charge in [-0.15, -0.1) is 10.1 Å². The maximum Gasteiger partial charge on any atom is 0.291 e. The topological polar surface area (TPSA) is 83.6 Å². The Morgan fingerprint density at radius 2 is 1.41 bits per heavy atom. The molecule has 0 fully saturated rings. The van der Waals surface area contributed by atoms with Crippen LogP contribution in [0.5, 0.6) is 0 Å². The second-order valence-corrected chi connectivity index (χ2v) is 4.35. The van der Waals surface area contributed by atoms with Gasteiger partial charge in [-0.1, -0.05) is 58.3 Å². The molecule has 0 aliphatic carbocycles. The van der Waals surface area contributed by atoms with Crippen molar-refractivity contribution in [2.24, 2.45) is 0 Å². The zero-order chi connectivity index (χ0) is 13.5. The third kappa shape index (κ3) is 31.3. The summed E-state index contributed by atoms with van der Waals surface area (Å²) in [5.74, 6) is 0. The highest BCUT2D eigenvalue weighted by Crippen LogP contribution is 2.10. The predicted octanol–water partition coefficient (Wildman–Crippen LogP) is 3.55. The maximum atomic E-state index is 9.03. The van der Waals surface area contributed by atoms with Crippen molar-refractivity contribution >= 4 is 0 Å². The van der Waals surface area contributed by atoms with Crippen LogP contribution in [0.2, 0.25) is 0 Å². The summed E-state index contributed by atoms with van der Waals surface area (Å²) in [4.78, 5) is 8.36. The van der Waals surface area contributed by atoms with Gasteiger partial charge in [-0.3, -0.25) is 0 Å². The van der Waals surface area contributed by atoms with Gasteiger partial charge < -0.3 is 10.3 Å². The molecule has 0 aromatic carbocycles. The Morgan fingerprint density at radius 1 is 1.06 bits per heavy atom. The lowest BCUT2D eigenvalue weighted by molar-refractivity contribution is -0.742. The van der Waals surface area contributed by atoms with Crippen molar-refractivity contribution in [2.45, 2.75) is 77.7 Å². The molecule has 2 N–H and O–H groups in total. The van der Waals surface area contributed by atoms with Crippen molar-refractivity contribution in [1.82, 2.24) is 0 Å². The molecule has 17 heavy (non-hydrogen) atoms. The molecule has 1 unspecified atom stereocenters. The lowest BCUT2D eigenvalue weighted by Gasteiger charge is -2.03. The zero-order valence-electron chi connectivity index (χ0n) is 11.1. The first-order valence-electron chi connectivity index (χ1n) is 6.52. The van der Waals surface area contributed by atoms with Crippen LogP contribution in [0.1, 0.15) is 71.6 Å². The van der Waals surface area contributed by atoms with Crippen LogP contribution in [0.4, 0.5) is 0 Å². The summed E-state index contributed by atoms with van der Waals surface area (Å²) < 4.78 is 0. The normalized spacial score (nSPS) is 11.5. The summed E-state index contributed by atoms with van der Waals surface area (Å²) in [7, 11) is 0. The Labute approximate surface area is 104 Å². The van der Waals surface area contributed by atoms with E-state index in [1.54, 1.807) is 0 Å². The second kappa shape index (κ2) is 15.2. The molecular weight excluding hydrogens is 222 g/mol. The van der Waals surface area contributed by atoms with Crippen molar-refractivity contribution in [1.29, 1.82) is 0 Å². The van der Waals surface area contributed by atoms with E-state index in [4.69, 9.17) is 20.4 Å². The van der Waals surface area contributed by atoms with E-state index in [0.717, 1.165) is 6.42 Å². The van der Waals surface area contributed by atoms with Crippen molar-refractivity contribution < 1.29 is 15.4 Å². The first-order valence-corrected chi connectivity index (χ1v) is 6.52. The van der Waals surface area contributed by atoms with Gasteiger partial charge in [0, 0.05) is 0 Å². The first kappa shape index (κ1) is 18.5. The molecule has 1 atom stereocenters. The van der Waals surface area contributed by atoms with Gasteiger partial charge in [-0.05, 0) is 13.3 Å². The van der Waals surface area contributed by atoms with Crippen LogP contribution in [-0.2, 0) is 0 Å². The SMILES string of the molecule is CCCCCCCCCCC(C)O.O=[N+]([O-])O. The van der Waals surface area contributed by atoms with E-state index in [1.165, 1.54) is 51.4 Å². The number of hydrogen-bond donors (Lipinski definition) is 2. The number of aliphatic hydroxyl groups excluding tert-OH is 1. The van der Waals surface area contributed by atoms with E-state index < -0.39 is 5.09 Å². The summed E-state index contributed by atoms with van der Waals surface area (Å²) >= 11 is 0. The molecule has 0 saturated carbocycles. The second-order valence-electron chi connectivity index (χ2n) is 4.35. The molecule has 0 aliphatic heterocycles. The highest BCUT2D eigenvalue weighted by atomic mass is 16.9. The summed E-state index contributed by atoms with van der Waals surface area (Å²) in [6, 6.07) is 0. The van der Waals surface area contributed by atoms with Crippen LogP contribution >= 0.6 is 0 Å². The van der Waals surface area contributed by atoms with E-state index in [9.17, 15) is 0 Å². The fourth-order valence-corrected chi connectivity index (χ4v) is 1.57. The number of nitrogens with zero attached hydrogens (tertiary/aromatic N) is 1. The lowest BCUT2D eigenvalue weighted by atomic mass is 10.1. The van der Waals surface area contributed by atoms with Crippen molar-refractivity contribution in [2.75, 3.05) is 0 Å². The van der Waals surface area contributed by atoms with Crippen LogP contribution < -0.4 is 0 Å². The average Bonchev–Trinajstić information content (AvgIpc) is 2.21. The van der Waals surface area contributed by atoms with Gasteiger partial charge in [-0.2, -0.15) is 0 Å². The largest absolute Gasteiger partial charge is 0.393 e. The average molecular weight is 249 g/mol. The fourth-order valence-electron chi connectivity index (χ4n) is 1.57. The molecule has 5 heteroatoms. The molecule has 0 aromatic heterocycles. The highest BCUT2D eigenvalue weighted by Gasteiger charge is 1.95. The maximum absolute atomic E-state index is 9.03. The minimum absolute atomic E-state index is 0.0971. The van der Waals surface area contributed by atoms with Crippen LogP contribution in [0.3, 0.4) is 0 Å². The Morgan fingerprint density at radius 3 is 1.76 bits per heavy atom. The summed E-state index contributed by atoms with van der Waals surface area (Å²) in [5.41, 5.74) is 0. The quantitative estimate of drug-likeness (QED) is 0.372. The van der Waals surface area contributed by atoms with Crippen LogP contribution in [-0.4, -0.2) is 21.5 Å². The molecule has 0 rings (SSSR count). The monoisotopic (exact) mass is 249 g/mol. The van der Waals surface area contributed by atoms with E-state index in [2.05, 4.69) is 6.92 Å². The Hall–Kier alpha value is -0.840. The Balaban J connectivity index is 0. The van der Waals surface area contributed by atoms with E-state index in [-0.39, 0.29) is 6.10 Å². The van der Waals surface area contributed by atoms with Crippen molar-refractivity contribution in [3.8, 4) is 0 Å². The minimum atomic E-state index is -1.50. The number of aliphatic hydroxyl groups is 1. The van der Waals surface area contributed by atoms with Crippen molar-refractivity contribution in [3.63, 3.8) is 0 Å². The summed E-state index contributed by atoms with van der Waals surface area (Å²) in [6.45, 7) is 4.13. The molecule has 0 aliphatic rings. The van der Waals surface area contributed by atoms with Crippen molar-refractivity contribution in [3.05, 3.63) is 10.1 Å². The van der Waals surface area contributed by atoms with Gasteiger partial charge in [0.05, 0.1) is 6.10 Å². The lowest BCUT2D eigenvalue weighted by Crippen LogP contribution is -1.98. The van der Waals surface area contributed by atoms with Gasteiger partial charge in [0.2, 0.25) is 0 Å². The van der Waals surface area contributed by atoms with Gasteiger partial charge in [0.25, 0.3) is 5.09 Å². The van der Waals surface area contributed by atoms with Crippen LogP contribution in [0.25, 0.3) is 0 Å². The van der Waals surface area contributed by atoms with Gasteiger partial charge >= 0.3 is 0 Å². The number of rotatable bonds is 9. The molecule has 0 spiro atoms. The summed E-state index contributed by atoms with van der Waals surface area (Å²) in [5, 5.41) is 22.7. The standard InChI is InChI=1S/C12H26O.HNO3/c1-3-4-5-6-7-8-9-10-11-12(2)13;2-1(3)4/h12-13H,3-11H2,1-2H3;(H,2,3,4). The summed E-state index contributed by atoms with van der Waals surface area (Å²) in [6.07, 6.45) is 11.7. The third-order valence-electron chi connectivity index (χ3n) is 2.48. The third-order valence-corrected chi connectivity index (χ3v) is 2.48. The number of unbranched alkanes of at least 4 members (excludes halogenated alkanes) is 7. The molecule has 0 aromatic rings. The number of hydrogen-bond acceptors (Lipinski definition) is 3. The highest BCUT2D eigenvalue weighted by molar-refractivity contribution is 4.49. The molecule has 0 amide bonds. The predicted molar refractivity (Wildman–Crippen MR) is 67.7 cm³/mol. The van der Waals surface area contributed by atoms with Gasteiger partial charge in [0.15, 0.2) is 0 Å². The molecule has 5 nitrogen and oxygen atoms in total. The minimum Gasteiger partial charge on any atom is -0.393 e. The van der Waals surface area contributed by atoms with Crippen LogP contribution in [0.15, 0.2) is 0 Å². The Kier molecular flexibility index (Phi) is 16.5. The molecule has 0 heterocycles. The molecule has 104 valence electrons. The first-order chi connectivity index (χ1) is 8.00. The molecule has 0 radical (unpaired) electrons. The zero-order valence-corrected chi connectivity index (χ0v) is 11.1. The van der Waals surface area contributed by atoms with Gasteiger partial charge in [-0.25, -0.2) is 0 Å². The molecule has 0 bridgehead atoms. The molecular formula is C12H27NO4. The fraction of sp³-hybridized carbons (Fsp3) is 1.00. The van der Waals surface area contributed by atoms with E-state index in [1.807, 2.05) is 6.92 Å². The van der Waals surface area contributed by atoms with E-state index >= 15 is 0 Å². The van der Waals surface area contributed by atoms with Gasteiger partial charge in [0.1, 0.15) is 0 Å². The Bertz CT molecular complexity index is 159. The molecule has 0 saturated heterocycles. The van der Waals surface area contributed by atoms with E-state index in [0.29, 0.717) is 0 Å². The van der Waals surface area contributed by atoms with Crippen LogP contribution in [0, 0.1) is 10.1 Å². The smallest absolute Gasteiger partial charge is 0.291 e.